The van der Waals surface area contributed by atoms with E-state index in [9.17, 15) is 19.7 Å². The first-order valence-corrected chi connectivity index (χ1v) is 5.48. The lowest BCUT2D eigenvalue weighted by Gasteiger charge is -2.07. The molecule has 0 atom stereocenters. The number of hydrogen-bond donors (Lipinski definition) is 3. The van der Waals surface area contributed by atoms with Crippen molar-refractivity contribution in [3.63, 3.8) is 0 Å². The number of primary amides is 1. The minimum atomic E-state index is -0.598. The van der Waals surface area contributed by atoms with Gasteiger partial charge in [0.25, 0.3) is 11.6 Å². The average Bonchev–Trinajstić information content (AvgIpc) is 2.37. The number of hydrogen-bond acceptors (Lipinski definition) is 5. The van der Waals surface area contributed by atoms with Crippen LogP contribution in [0.25, 0.3) is 0 Å². The van der Waals surface area contributed by atoms with Crippen molar-refractivity contribution in [3.05, 3.63) is 33.9 Å². The zero-order chi connectivity index (χ0) is 14.4. The number of nitrogens with zero attached hydrogens (tertiary/aromatic N) is 1. The van der Waals surface area contributed by atoms with Gasteiger partial charge in [0.15, 0.2) is 0 Å². The molecule has 0 aliphatic carbocycles. The van der Waals surface area contributed by atoms with E-state index in [0.717, 1.165) is 0 Å². The molecule has 1 rings (SSSR count). The van der Waals surface area contributed by atoms with Crippen LogP contribution in [0.3, 0.4) is 0 Å². The van der Waals surface area contributed by atoms with Crippen LogP contribution in [0.4, 0.5) is 11.4 Å². The van der Waals surface area contributed by atoms with Gasteiger partial charge in [-0.15, -0.1) is 0 Å². The topological polar surface area (TPSA) is 127 Å². The van der Waals surface area contributed by atoms with Crippen molar-refractivity contribution in [2.24, 2.45) is 5.73 Å². The van der Waals surface area contributed by atoms with Crippen LogP contribution in [0.1, 0.15) is 16.8 Å². The van der Waals surface area contributed by atoms with E-state index in [1.165, 1.54) is 25.2 Å². The second-order valence-corrected chi connectivity index (χ2v) is 3.71. The average molecular weight is 266 g/mol. The zero-order valence-corrected chi connectivity index (χ0v) is 10.3. The van der Waals surface area contributed by atoms with Crippen LogP contribution in [-0.2, 0) is 4.79 Å². The van der Waals surface area contributed by atoms with Gasteiger partial charge in [-0.25, -0.2) is 0 Å². The Balaban J connectivity index is 2.95. The number of benzene rings is 1. The fraction of sp³-hybridized carbons (Fsp3) is 0.273. The summed E-state index contributed by atoms with van der Waals surface area (Å²) < 4.78 is 0. The highest BCUT2D eigenvalue weighted by Gasteiger charge is 2.16. The number of carbonyl (C=O) groups excluding carboxylic acids is 2. The van der Waals surface area contributed by atoms with Crippen molar-refractivity contribution < 1.29 is 14.5 Å². The number of anilines is 1. The molecular weight excluding hydrogens is 252 g/mol. The van der Waals surface area contributed by atoms with E-state index in [1.54, 1.807) is 0 Å². The number of rotatable bonds is 6. The van der Waals surface area contributed by atoms with Crippen molar-refractivity contribution in [3.8, 4) is 0 Å². The SMILES string of the molecule is CNC(=O)c1ccc(NCCC(N)=O)c([N+](=O)[O-])c1. The highest BCUT2D eigenvalue weighted by atomic mass is 16.6. The molecule has 0 unspecified atom stereocenters. The van der Waals surface area contributed by atoms with E-state index < -0.39 is 16.7 Å². The molecule has 0 aliphatic heterocycles. The molecule has 0 bridgehead atoms. The number of nitro groups is 1. The van der Waals surface area contributed by atoms with E-state index in [0.29, 0.717) is 0 Å². The third-order valence-electron chi connectivity index (χ3n) is 2.37. The summed E-state index contributed by atoms with van der Waals surface area (Å²) in [7, 11) is 1.44. The van der Waals surface area contributed by atoms with Crippen LogP contribution in [0, 0.1) is 10.1 Å². The molecule has 0 radical (unpaired) electrons. The quantitative estimate of drug-likeness (QED) is 0.502. The molecule has 19 heavy (non-hydrogen) atoms. The zero-order valence-electron chi connectivity index (χ0n) is 10.3. The summed E-state index contributed by atoms with van der Waals surface area (Å²) in [5, 5.41) is 16.0. The predicted octanol–water partition coefficient (Wildman–Crippen LogP) is 0.242. The summed E-state index contributed by atoms with van der Waals surface area (Å²) >= 11 is 0. The first kappa shape index (κ1) is 14.4. The molecule has 1 aromatic rings. The summed E-state index contributed by atoms with van der Waals surface area (Å²) in [4.78, 5) is 32.3. The van der Waals surface area contributed by atoms with Gasteiger partial charge in [-0.3, -0.25) is 19.7 Å². The van der Waals surface area contributed by atoms with E-state index in [2.05, 4.69) is 10.6 Å². The molecule has 0 aromatic heterocycles. The van der Waals surface area contributed by atoms with Crippen molar-refractivity contribution >= 4 is 23.2 Å². The third-order valence-corrected chi connectivity index (χ3v) is 2.37. The first-order chi connectivity index (χ1) is 8.95. The Morgan fingerprint density at radius 1 is 1.42 bits per heavy atom. The van der Waals surface area contributed by atoms with Crippen LogP contribution in [0.2, 0.25) is 0 Å². The molecular formula is C11H14N4O4. The van der Waals surface area contributed by atoms with E-state index >= 15 is 0 Å². The molecule has 0 spiro atoms. The van der Waals surface area contributed by atoms with Crippen LogP contribution in [0.15, 0.2) is 18.2 Å². The smallest absolute Gasteiger partial charge is 0.293 e. The maximum Gasteiger partial charge on any atom is 0.293 e. The Morgan fingerprint density at radius 2 is 2.11 bits per heavy atom. The minimum Gasteiger partial charge on any atom is -0.379 e. The third kappa shape index (κ3) is 3.95. The van der Waals surface area contributed by atoms with Crippen LogP contribution in [0.5, 0.6) is 0 Å². The van der Waals surface area contributed by atoms with E-state index in [4.69, 9.17) is 5.73 Å². The fourth-order valence-corrected chi connectivity index (χ4v) is 1.44. The molecule has 0 heterocycles. The van der Waals surface area contributed by atoms with Crippen molar-refractivity contribution in [1.29, 1.82) is 0 Å². The molecule has 2 amide bonds. The molecule has 1 aromatic carbocycles. The van der Waals surface area contributed by atoms with Gasteiger partial charge in [0, 0.05) is 31.6 Å². The van der Waals surface area contributed by atoms with Crippen molar-refractivity contribution in [2.45, 2.75) is 6.42 Å². The number of amides is 2. The lowest BCUT2D eigenvalue weighted by Crippen LogP contribution is -2.18. The van der Waals surface area contributed by atoms with E-state index in [1.807, 2.05) is 0 Å². The predicted molar refractivity (Wildman–Crippen MR) is 68.8 cm³/mol. The normalized spacial score (nSPS) is 9.74. The van der Waals surface area contributed by atoms with Crippen molar-refractivity contribution in [1.82, 2.24) is 5.32 Å². The lowest BCUT2D eigenvalue weighted by molar-refractivity contribution is -0.384. The van der Waals surface area contributed by atoms with Gasteiger partial charge < -0.3 is 16.4 Å². The second-order valence-electron chi connectivity index (χ2n) is 3.71. The van der Waals surface area contributed by atoms with Gasteiger partial charge in [-0.2, -0.15) is 0 Å². The largest absolute Gasteiger partial charge is 0.379 e. The summed E-state index contributed by atoms with van der Waals surface area (Å²) in [5.74, 6) is -0.913. The maximum absolute atomic E-state index is 11.4. The Labute approximate surface area is 109 Å². The van der Waals surface area contributed by atoms with Gasteiger partial charge in [0.05, 0.1) is 4.92 Å². The molecule has 8 nitrogen and oxygen atoms in total. The molecule has 102 valence electrons. The number of nitrogens with one attached hydrogen (secondary N) is 2. The minimum absolute atomic E-state index is 0.0638. The molecule has 0 saturated carbocycles. The van der Waals surface area contributed by atoms with Gasteiger partial charge in [0.1, 0.15) is 5.69 Å². The number of carbonyl (C=O) groups is 2. The Hall–Kier alpha value is -2.64. The molecule has 0 saturated heterocycles. The van der Waals surface area contributed by atoms with Crippen molar-refractivity contribution in [2.75, 3.05) is 18.9 Å². The first-order valence-electron chi connectivity index (χ1n) is 5.48. The standard InChI is InChI=1S/C11H14N4O4/c1-13-11(17)7-2-3-8(9(6-7)15(18)19)14-5-4-10(12)16/h2-3,6,14H,4-5H2,1H3,(H2,12,16)(H,13,17). The maximum atomic E-state index is 11.4. The molecule has 4 N–H and O–H groups in total. The summed E-state index contributed by atoms with van der Waals surface area (Å²) in [5.41, 5.74) is 5.16. The van der Waals surface area contributed by atoms with E-state index in [-0.39, 0.29) is 29.9 Å². The lowest BCUT2D eigenvalue weighted by atomic mass is 10.1. The Bertz CT molecular complexity index is 515. The summed E-state index contributed by atoms with van der Waals surface area (Å²) in [6, 6.07) is 4.05. The molecule has 0 fully saturated rings. The number of nitro benzene ring substituents is 1. The summed E-state index contributed by atoms with van der Waals surface area (Å²) in [6.07, 6.45) is 0.0638. The Morgan fingerprint density at radius 3 is 2.63 bits per heavy atom. The molecule has 0 aliphatic rings. The van der Waals surface area contributed by atoms with Gasteiger partial charge in [-0.05, 0) is 12.1 Å². The fourth-order valence-electron chi connectivity index (χ4n) is 1.44. The van der Waals surface area contributed by atoms with Gasteiger partial charge >= 0.3 is 0 Å². The second kappa shape index (κ2) is 6.34. The van der Waals surface area contributed by atoms with Crippen LogP contribution < -0.4 is 16.4 Å². The Kier molecular flexibility index (Phi) is 4.81. The number of nitrogens with two attached hydrogens (primary N) is 1. The highest BCUT2D eigenvalue weighted by Crippen LogP contribution is 2.25. The van der Waals surface area contributed by atoms with Gasteiger partial charge in [-0.1, -0.05) is 0 Å². The van der Waals surface area contributed by atoms with Gasteiger partial charge in [0.2, 0.25) is 5.91 Å². The monoisotopic (exact) mass is 266 g/mol. The highest BCUT2D eigenvalue weighted by molar-refractivity contribution is 5.95. The van der Waals surface area contributed by atoms with Crippen LogP contribution in [-0.4, -0.2) is 30.3 Å². The van der Waals surface area contributed by atoms with Crippen LogP contribution >= 0.6 is 0 Å². The summed E-state index contributed by atoms with van der Waals surface area (Å²) in [6.45, 7) is 0.190. The molecule has 8 heteroatoms.